The van der Waals surface area contributed by atoms with Gasteiger partial charge in [0.2, 0.25) is 0 Å². The highest BCUT2D eigenvalue weighted by molar-refractivity contribution is 5.98. The number of nitrogens with zero attached hydrogens (tertiary/aromatic N) is 1. The van der Waals surface area contributed by atoms with Crippen LogP contribution in [0.25, 0.3) is 0 Å². The van der Waals surface area contributed by atoms with E-state index in [0.717, 1.165) is 12.3 Å². The normalized spacial score (nSPS) is 9.79. The Bertz CT molecular complexity index is 467. The van der Waals surface area contributed by atoms with Gasteiger partial charge in [-0.2, -0.15) is 0 Å². The van der Waals surface area contributed by atoms with Crippen LogP contribution in [-0.2, 0) is 4.74 Å². The number of pyridine rings is 1. The molecule has 0 aliphatic rings. The molecule has 19 heavy (non-hydrogen) atoms. The molecule has 4 N–H and O–H groups in total. The predicted octanol–water partition coefficient (Wildman–Crippen LogP) is 0.478. The molecule has 104 valence electrons. The lowest BCUT2D eigenvalue weighted by molar-refractivity contribution is 0.0937. The van der Waals surface area contributed by atoms with Gasteiger partial charge in [-0.05, 0) is 13.0 Å². The van der Waals surface area contributed by atoms with E-state index in [1.54, 1.807) is 0 Å². The highest BCUT2D eigenvalue weighted by atomic mass is 19.1. The summed E-state index contributed by atoms with van der Waals surface area (Å²) < 4.78 is 17.5. The van der Waals surface area contributed by atoms with Crippen molar-refractivity contribution in [3.05, 3.63) is 23.6 Å². The van der Waals surface area contributed by atoms with Crippen LogP contribution in [0, 0.1) is 5.82 Å². The van der Waals surface area contributed by atoms with E-state index in [9.17, 15) is 14.0 Å². The molecule has 0 fully saturated rings. The number of ether oxygens (including phenoxy) is 1. The average Bonchev–Trinajstić information content (AvgIpc) is 2.36. The van der Waals surface area contributed by atoms with Gasteiger partial charge in [0.25, 0.3) is 5.91 Å². The zero-order chi connectivity index (χ0) is 14.3. The Hall–Kier alpha value is -2.38. The van der Waals surface area contributed by atoms with Crippen molar-refractivity contribution in [1.82, 2.24) is 10.3 Å². The maximum Gasteiger partial charge on any atom is 0.404 e. The minimum Gasteiger partial charge on any atom is -0.448 e. The van der Waals surface area contributed by atoms with Crippen molar-refractivity contribution < 1.29 is 18.7 Å². The van der Waals surface area contributed by atoms with Gasteiger partial charge in [-0.15, -0.1) is 0 Å². The Balaban J connectivity index is 2.64. The van der Waals surface area contributed by atoms with Crippen LogP contribution in [0.1, 0.15) is 17.3 Å². The molecule has 0 atom stereocenters. The molecular formula is C11H15FN4O3. The second-order valence-corrected chi connectivity index (χ2v) is 3.50. The van der Waals surface area contributed by atoms with Crippen LogP contribution in [0.3, 0.4) is 0 Å². The lowest BCUT2D eigenvalue weighted by Gasteiger charge is -2.10. The molecule has 1 aromatic rings. The number of amides is 2. The summed E-state index contributed by atoms with van der Waals surface area (Å²) in [7, 11) is 0. The molecule has 7 nitrogen and oxygen atoms in total. The Morgan fingerprint density at radius 2 is 2.26 bits per heavy atom. The molecule has 0 unspecified atom stereocenters. The number of carbonyl (C=O) groups excluding carboxylic acids is 2. The molecular weight excluding hydrogens is 255 g/mol. The maximum atomic E-state index is 13.1. The summed E-state index contributed by atoms with van der Waals surface area (Å²) in [5, 5.41) is 5.31. The van der Waals surface area contributed by atoms with Gasteiger partial charge in [-0.1, -0.05) is 0 Å². The molecule has 0 bridgehead atoms. The summed E-state index contributed by atoms with van der Waals surface area (Å²) in [5.74, 6) is -0.839. The standard InChI is InChI=1S/C11H15FN4O3/c1-2-14-9-8(5-7(12)6-16-9)10(17)15-3-4-19-11(13)18/h5-6H,2-4H2,1H3,(H2,13,18)(H,14,16)(H,15,17). The molecule has 8 heteroatoms. The molecule has 0 aliphatic heterocycles. The zero-order valence-corrected chi connectivity index (χ0v) is 10.4. The summed E-state index contributed by atoms with van der Waals surface area (Å²) in [6, 6.07) is 1.08. The SMILES string of the molecule is CCNc1ncc(F)cc1C(=O)NCCOC(N)=O. The van der Waals surface area contributed by atoms with E-state index in [0.29, 0.717) is 6.54 Å². The summed E-state index contributed by atoms with van der Waals surface area (Å²) in [6.45, 7) is 2.39. The molecule has 2 amide bonds. The van der Waals surface area contributed by atoms with Crippen molar-refractivity contribution in [3.63, 3.8) is 0 Å². The minimum atomic E-state index is -0.921. The van der Waals surface area contributed by atoms with Gasteiger partial charge in [0, 0.05) is 6.54 Å². The summed E-state index contributed by atoms with van der Waals surface area (Å²) in [6.07, 6.45) is 0.0975. The fourth-order valence-corrected chi connectivity index (χ4v) is 1.33. The number of nitrogens with two attached hydrogens (primary N) is 1. The largest absolute Gasteiger partial charge is 0.448 e. The molecule has 1 rings (SSSR count). The predicted molar refractivity (Wildman–Crippen MR) is 66.2 cm³/mol. The van der Waals surface area contributed by atoms with Gasteiger partial charge in [-0.3, -0.25) is 4.79 Å². The van der Waals surface area contributed by atoms with Crippen molar-refractivity contribution in [1.29, 1.82) is 0 Å². The number of anilines is 1. The maximum absolute atomic E-state index is 13.1. The van der Waals surface area contributed by atoms with Crippen molar-refractivity contribution in [2.75, 3.05) is 25.0 Å². The van der Waals surface area contributed by atoms with E-state index in [-0.39, 0.29) is 24.5 Å². The summed E-state index contributed by atoms with van der Waals surface area (Å²) in [5.41, 5.74) is 4.84. The van der Waals surface area contributed by atoms with Crippen LogP contribution in [0.15, 0.2) is 12.3 Å². The number of nitrogens with one attached hydrogen (secondary N) is 2. The average molecular weight is 270 g/mol. The van der Waals surface area contributed by atoms with E-state index in [1.165, 1.54) is 0 Å². The summed E-state index contributed by atoms with van der Waals surface area (Å²) in [4.78, 5) is 25.9. The van der Waals surface area contributed by atoms with Crippen molar-refractivity contribution in [2.24, 2.45) is 5.73 Å². The number of primary amides is 1. The van der Waals surface area contributed by atoms with E-state index in [4.69, 9.17) is 5.73 Å². The highest BCUT2D eigenvalue weighted by Gasteiger charge is 2.13. The molecule has 0 aromatic carbocycles. The van der Waals surface area contributed by atoms with Crippen LogP contribution < -0.4 is 16.4 Å². The van der Waals surface area contributed by atoms with Gasteiger partial charge in [0.1, 0.15) is 18.2 Å². The minimum absolute atomic E-state index is 0.0552. The van der Waals surface area contributed by atoms with Crippen LogP contribution in [0.4, 0.5) is 15.0 Å². The molecule has 0 saturated heterocycles. The Labute approximate surface area is 109 Å². The third-order valence-electron chi connectivity index (χ3n) is 2.08. The second-order valence-electron chi connectivity index (χ2n) is 3.50. The number of carbonyl (C=O) groups is 2. The molecule has 0 saturated carbocycles. The van der Waals surface area contributed by atoms with Crippen molar-refractivity contribution in [3.8, 4) is 0 Å². The van der Waals surface area contributed by atoms with Gasteiger partial charge in [0.05, 0.1) is 18.3 Å². The number of hydrogen-bond donors (Lipinski definition) is 3. The third-order valence-corrected chi connectivity index (χ3v) is 2.08. The van der Waals surface area contributed by atoms with Crippen LogP contribution >= 0.6 is 0 Å². The molecule has 0 aliphatic carbocycles. The first-order chi connectivity index (χ1) is 9.04. The molecule has 0 radical (unpaired) electrons. The van der Waals surface area contributed by atoms with Crippen LogP contribution in [0.2, 0.25) is 0 Å². The Morgan fingerprint density at radius 3 is 2.89 bits per heavy atom. The van der Waals surface area contributed by atoms with Gasteiger partial charge in [0.15, 0.2) is 0 Å². The second kappa shape index (κ2) is 7.14. The number of aromatic nitrogens is 1. The lowest BCUT2D eigenvalue weighted by Crippen LogP contribution is -2.30. The first-order valence-electron chi connectivity index (χ1n) is 5.64. The topological polar surface area (TPSA) is 106 Å². The first-order valence-corrected chi connectivity index (χ1v) is 5.64. The number of hydrogen-bond acceptors (Lipinski definition) is 5. The monoisotopic (exact) mass is 270 g/mol. The fraction of sp³-hybridized carbons (Fsp3) is 0.364. The number of halogens is 1. The molecule has 1 heterocycles. The number of rotatable bonds is 6. The quantitative estimate of drug-likeness (QED) is 0.652. The highest BCUT2D eigenvalue weighted by Crippen LogP contribution is 2.13. The fourth-order valence-electron chi connectivity index (χ4n) is 1.33. The van der Waals surface area contributed by atoms with Gasteiger partial charge in [-0.25, -0.2) is 14.2 Å². The smallest absolute Gasteiger partial charge is 0.404 e. The molecule has 1 aromatic heterocycles. The van der Waals surface area contributed by atoms with Crippen LogP contribution in [0.5, 0.6) is 0 Å². The third kappa shape index (κ3) is 4.78. The Kier molecular flexibility index (Phi) is 5.52. The van der Waals surface area contributed by atoms with Crippen molar-refractivity contribution >= 4 is 17.8 Å². The van der Waals surface area contributed by atoms with E-state index in [1.807, 2.05) is 6.92 Å². The van der Waals surface area contributed by atoms with Gasteiger partial charge < -0.3 is 21.1 Å². The van der Waals surface area contributed by atoms with Gasteiger partial charge >= 0.3 is 6.09 Å². The van der Waals surface area contributed by atoms with Crippen LogP contribution in [-0.4, -0.2) is 36.7 Å². The Morgan fingerprint density at radius 1 is 1.53 bits per heavy atom. The van der Waals surface area contributed by atoms with E-state index >= 15 is 0 Å². The molecule has 0 spiro atoms. The summed E-state index contributed by atoms with van der Waals surface area (Å²) >= 11 is 0. The lowest BCUT2D eigenvalue weighted by atomic mass is 10.2. The van der Waals surface area contributed by atoms with E-state index < -0.39 is 17.8 Å². The first kappa shape index (κ1) is 14.7. The van der Waals surface area contributed by atoms with E-state index in [2.05, 4.69) is 20.4 Å². The van der Waals surface area contributed by atoms with Crippen molar-refractivity contribution in [2.45, 2.75) is 6.92 Å². The zero-order valence-electron chi connectivity index (χ0n) is 10.4.